The molecule has 0 aliphatic carbocycles. The monoisotopic (exact) mass is 126 g/mol. The third kappa shape index (κ3) is 1.54. The zero-order chi connectivity index (χ0) is 6.85. The van der Waals surface area contributed by atoms with Gasteiger partial charge in [-0.3, -0.25) is 5.41 Å². The highest BCUT2D eigenvalue weighted by Gasteiger charge is 2.34. The van der Waals surface area contributed by atoms with Crippen LogP contribution in [0.5, 0.6) is 0 Å². The Morgan fingerprint density at radius 3 is 2.78 bits per heavy atom. The topological polar surface area (TPSA) is 48.4 Å². The Hall–Kier alpha value is -0.830. The van der Waals surface area contributed by atoms with Gasteiger partial charge in [0, 0.05) is 0 Å². The third-order valence-electron chi connectivity index (χ3n) is 1.21. The van der Waals surface area contributed by atoms with E-state index in [4.69, 9.17) is 10.1 Å². The Morgan fingerprint density at radius 1 is 1.89 bits per heavy atom. The molecule has 0 aromatic heterocycles. The average Bonchev–Trinajstić information content (AvgIpc) is 2.47. The van der Waals surface area contributed by atoms with Gasteiger partial charge in [-0.25, -0.2) is 0 Å². The zero-order valence-corrected chi connectivity index (χ0v) is 5.35. The smallest absolute Gasteiger partial charge is 0.155 e. The number of hydrogen-bond donors (Lipinski definition) is 2. The maximum atomic E-state index is 7.09. The van der Waals surface area contributed by atoms with Crippen LogP contribution in [0.15, 0.2) is 12.7 Å². The van der Waals surface area contributed by atoms with Gasteiger partial charge in [0.15, 0.2) is 6.23 Å². The highest BCUT2D eigenvalue weighted by molar-refractivity contribution is 5.89. The fourth-order valence-corrected chi connectivity index (χ4v) is 0.549. The van der Waals surface area contributed by atoms with Gasteiger partial charge in [0.1, 0.15) is 11.9 Å². The Labute approximate surface area is 54.2 Å². The molecule has 0 amide bonds. The predicted octanol–water partition coefficient (Wildman–Crippen LogP) is 0.484. The highest BCUT2D eigenvalue weighted by Crippen LogP contribution is 2.16. The van der Waals surface area contributed by atoms with E-state index in [2.05, 4.69) is 11.9 Å². The van der Waals surface area contributed by atoms with E-state index >= 15 is 0 Å². The van der Waals surface area contributed by atoms with Crippen LogP contribution in [-0.2, 0) is 4.74 Å². The standard InChI is InChI=1S/C6H10N2O/c1-3-5(7)8-6-4(2)9-6/h3-4,6H,1H2,2H3,(H2,7,8)/t4-,6?/m0/s1. The van der Waals surface area contributed by atoms with Crippen LogP contribution in [0.2, 0.25) is 0 Å². The first-order valence-electron chi connectivity index (χ1n) is 2.87. The van der Waals surface area contributed by atoms with E-state index in [9.17, 15) is 0 Å². The molecule has 50 valence electrons. The number of epoxide rings is 1. The number of ether oxygens (including phenoxy) is 1. The minimum absolute atomic E-state index is 0.0514. The highest BCUT2D eigenvalue weighted by atomic mass is 16.6. The summed E-state index contributed by atoms with van der Waals surface area (Å²) in [4.78, 5) is 0. The van der Waals surface area contributed by atoms with Gasteiger partial charge in [0.05, 0.1) is 0 Å². The van der Waals surface area contributed by atoms with E-state index in [1.165, 1.54) is 6.08 Å². The van der Waals surface area contributed by atoms with Crippen molar-refractivity contribution < 1.29 is 4.74 Å². The van der Waals surface area contributed by atoms with E-state index < -0.39 is 0 Å². The molecule has 1 heterocycles. The summed E-state index contributed by atoms with van der Waals surface area (Å²) in [7, 11) is 0. The van der Waals surface area contributed by atoms with Crippen molar-refractivity contribution in [3.8, 4) is 0 Å². The maximum Gasteiger partial charge on any atom is 0.155 e. The molecule has 1 saturated heterocycles. The molecule has 2 atom stereocenters. The van der Waals surface area contributed by atoms with Crippen molar-refractivity contribution in [2.45, 2.75) is 19.3 Å². The zero-order valence-electron chi connectivity index (χ0n) is 5.35. The summed E-state index contributed by atoms with van der Waals surface area (Å²) >= 11 is 0. The molecule has 0 saturated carbocycles. The van der Waals surface area contributed by atoms with Gasteiger partial charge < -0.3 is 10.1 Å². The Morgan fingerprint density at radius 2 is 2.44 bits per heavy atom. The molecule has 1 unspecified atom stereocenters. The van der Waals surface area contributed by atoms with E-state index in [1.807, 2.05) is 6.92 Å². The van der Waals surface area contributed by atoms with Gasteiger partial charge in [-0.1, -0.05) is 6.58 Å². The van der Waals surface area contributed by atoms with Gasteiger partial charge in [-0.2, -0.15) is 0 Å². The van der Waals surface area contributed by atoms with Crippen LogP contribution in [-0.4, -0.2) is 18.2 Å². The van der Waals surface area contributed by atoms with E-state index in [-0.39, 0.29) is 12.3 Å². The second-order valence-corrected chi connectivity index (χ2v) is 2.02. The molecule has 9 heavy (non-hydrogen) atoms. The van der Waals surface area contributed by atoms with Crippen LogP contribution in [0.3, 0.4) is 0 Å². The lowest BCUT2D eigenvalue weighted by Gasteiger charge is -1.95. The Kier molecular flexibility index (Phi) is 1.53. The molecule has 1 aliphatic rings. The summed E-state index contributed by atoms with van der Waals surface area (Å²) in [5.41, 5.74) is 0. The van der Waals surface area contributed by atoms with Crippen molar-refractivity contribution in [3.63, 3.8) is 0 Å². The molecule has 3 heteroatoms. The van der Waals surface area contributed by atoms with E-state index in [1.54, 1.807) is 0 Å². The maximum absolute atomic E-state index is 7.09. The minimum atomic E-state index is 0.0514. The van der Waals surface area contributed by atoms with Gasteiger partial charge in [-0.05, 0) is 13.0 Å². The number of rotatable bonds is 2. The molecule has 0 aromatic carbocycles. The third-order valence-corrected chi connectivity index (χ3v) is 1.21. The molecule has 3 nitrogen and oxygen atoms in total. The molecule has 1 fully saturated rings. The van der Waals surface area contributed by atoms with Gasteiger partial charge in [0.25, 0.3) is 0 Å². The summed E-state index contributed by atoms with van der Waals surface area (Å²) in [6.45, 7) is 5.38. The second kappa shape index (κ2) is 2.19. The van der Waals surface area contributed by atoms with Crippen molar-refractivity contribution in [2.75, 3.05) is 0 Å². The average molecular weight is 126 g/mol. The molecule has 0 radical (unpaired) electrons. The summed E-state index contributed by atoms with van der Waals surface area (Å²) in [6.07, 6.45) is 1.76. The van der Waals surface area contributed by atoms with E-state index in [0.717, 1.165) is 0 Å². The summed E-state index contributed by atoms with van der Waals surface area (Å²) in [5, 5.41) is 9.88. The van der Waals surface area contributed by atoms with Crippen molar-refractivity contribution in [1.29, 1.82) is 5.41 Å². The normalized spacial score (nSPS) is 31.2. The van der Waals surface area contributed by atoms with Crippen molar-refractivity contribution in [2.24, 2.45) is 0 Å². The number of nitrogens with one attached hydrogen (secondary N) is 2. The summed E-state index contributed by atoms with van der Waals surface area (Å²) in [5.74, 6) is 0.323. The van der Waals surface area contributed by atoms with Crippen molar-refractivity contribution >= 4 is 5.84 Å². The molecule has 1 aliphatic heterocycles. The first-order valence-corrected chi connectivity index (χ1v) is 2.87. The van der Waals surface area contributed by atoms with Gasteiger partial charge in [-0.15, -0.1) is 0 Å². The van der Waals surface area contributed by atoms with Crippen molar-refractivity contribution in [1.82, 2.24) is 5.32 Å². The molecule has 0 aromatic rings. The number of amidine groups is 1. The summed E-state index contributed by atoms with van der Waals surface area (Å²) < 4.78 is 4.99. The predicted molar refractivity (Wildman–Crippen MR) is 35.4 cm³/mol. The minimum Gasteiger partial charge on any atom is -0.348 e. The molecule has 2 N–H and O–H groups in total. The first kappa shape index (κ1) is 6.29. The first-order chi connectivity index (χ1) is 4.24. The summed E-state index contributed by atoms with van der Waals surface area (Å²) in [6, 6.07) is 0. The lowest BCUT2D eigenvalue weighted by atomic mass is 10.4. The Balaban J connectivity index is 2.19. The lowest BCUT2D eigenvalue weighted by molar-refractivity contribution is 0.370. The van der Waals surface area contributed by atoms with Crippen LogP contribution >= 0.6 is 0 Å². The molecular weight excluding hydrogens is 116 g/mol. The van der Waals surface area contributed by atoms with Crippen LogP contribution in [0, 0.1) is 5.41 Å². The Bertz CT molecular complexity index is 144. The van der Waals surface area contributed by atoms with Crippen molar-refractivity contribution in [3.05, 3.63) is 12.7 Å². The lowest BCUT2D eigenvalue weighted by Crippen LogP contribution is -2.24. The molecule has 1 rings (SSSR count). The largest absolute Gasteiger partial charge is 0.348 e. The molecule has 0 bridgehead atoms. The van der Waals surface area contributed by atoms with Crippen LogP contribution in [0.1, 0.15) is 6.92 Å². The fraction of sp³-hybridized carbons (Fsp3) is 0.500. The second-order valence-electron chi connectivity index (χ2n) is 2.02. The SMILES string of the molecule is C=CC(=N)NC1O[C@H]1C. The van der Waals surface area contributed by atoms with Crippen LogP contribution < -0.4 is 5.32 Å². The quantitative estimate of drug-likeness (QED) is 0.321. The molecular formula is C6H10N2O. The fourth-order valence-electron chi connectivity index (χ4n) is 0.549. The number of hydrogen-bond acceptors (Lipinski definition) is 2. The van der Waals surface area contributed by atoms with Crippen LogP contribution in [0.25, 0.3) is 0 Å². The van der Waals surface area contributed by atoms with Gasteiger partial charge >= 0.3 is 0 Å². The van der Waals surface area contributed by atoms with Gasteiger partial charge in [0.2, 0.25) is 0 Å². The molecule has 0 spiro atoms. The van der Waals surface area contributed by atoms with E-state index in [0.29, 0.717) is 5.84 Å². The van der Waals surface area contributed by atoms with Crippen LogP contribution in [0.4, 0.5) is 0 Å².